The highest BCUT2D eigenvalue weighted by molar-refractivity contribution is 6.10. The van der Waals surface area contributed by atoms with E-state index < -0.39 is 11.8 Å². The zero-order valence-electron chi connectivity index (χ0n) is 15.3. The third kappa shape index (κ3) is 4.92. The highest BCUT2D eigenvalue weighted by Crippen LogP contribution is 2.15. The third-order valence-corrected chi connectivity index (χ3v) is 4.10. The molecule has 3 aromatic carbocycles. The number of aryl methyl sites for hydroxylation is 1. The van der Waals surface area contributed by atoms with Gasteiger partial charge in [-0.05, 0) is 54.5 Å². The monoisotopic (exact) mass is 374 g/mol. The largest absolute Gasteiger partial charge is 0.320 e. The number of hydrogen-bond acceptors (Lipinski definition) is 2. The van der Waals surface area contributed by atoms with Crippen LogP contribution in [0.2, 0.25) is 0 Å². The van der Waals surface area contributed by atoms with Crippen molar-refractivity contribution in [3.05, 3.63) is 107 Å². The molecule has 0 bridgehead atoms. The molecule has 5 heteroatoms. The van der Waals surface area contributed by atoms with Crippen LogP contribution in [0, 0.1) is 12.7 Å². The molecule has 0 heterocycles. The van der Waals surface area contributed by atoms with Gasteiger partial charge in [-0.3, -0.25) is 9.59 Å². The average Bonchev–Trinajstić information content (AvgIpc) is 2.71. The fourth-order valence-electron chi connectivity index (χ4n) is 2.57. The van der Waals surface area contributed by atoms with Gasteiger partial charge in [0.05, 0.1) is 0 Å². The van der Waals surface area contributed by atoms with Gasteiger partial charge in [-0.25, -0.2) is 4.39 Å². The van der Waals surface area contributed by atoms with Crippen LogP contribution >= 0.6 is 0 Å². The van der Waals surface area contributed by atoms with E-state index in [1.165, 1.54) is 30.3 Å². The van der Waals surface area contributed by atoms with E-state index in [2.05, 4.69) is 10.6 Å². The lowest BCUT2D eigenvalue weighted by Gasteiger charge is -2.12. The molecule has 3 aromatic rings. The van der Waals surface area contributed by atoms with E-state index in [4.69, 9.17) is 0 Å². The van der Waals surface area contributed by atoms with E-state index in [-0.39, 0.29) is 11.5 Å². The van der Waals surface area contributed by atoms with Crippen LogP contribution in [0.1, 0.15) is 21.5 Å². The van der Waals surface area contributed by atoms with E-state index in [0.717, 1.165) is 5.56 Å². The van der Waals surface area contributed by atoms with E-state index in [0.29, 0.717) is 16.8 Å². The molecule has 0 aliphatic carbocycles. The third-order valence-electron chi connectivity index (χ3n) is 4.10. The zero-order chi connectivity index (χ0) is 19.9. The Kier molecular flexibility index (Phi) is 5.97. The summed E-state index contributed by atoms with van der Waals surface area (Å²) >= 11 is 0. The second-order valence-corrected chi connectivity index (χ2v) is 6.20. The van der Waals surface area contributed by atoms with E-state index >= 15 is 0 Å². The molecule has 0 aromatic heterocycles. The number of carbonyl (C=O) groups excluding carboxylic acids is 2. The number of nitrogens with one attached hydrogen (secondary N) is 2. The molecule has 0 atom stereocenters. The molecule has 0 fully saturated rings. The van der Waals surface area contributed by atoms with Crippen LogP contribution in [0.25, 0.3) is 6.08 Å². The Morgan fingerprint density at radius 1 is 0.857 bits per heavy atom. The van der Waals surface area contributed by atoms with Gasteiger partial charge in [-0.2, -0.15) is 0 Å². The molecule has 0 saturated heterocycles. The van der Waals surface area contributed by atoms with Crippen LogP contribution in [0.4, 0.5) is 10.1 Å². The molecular formula is C23H19FN2O2. The maximum atomic E-state index is 13.2. The molecule has 0 spiro atoms. The van der Waals surface area contributed by atoms with Crippen molar-refractivity contribution in [2.45, 2.75) is 6.92 Å². The summed E-state index contributed by atoms with van der Waals surface area (Å²) in [5.41, 5.74) is 2.61. The summed E-state index contributed by atoms with van der Waals surface area (Å²) in [4.78, 5) is 25.4. The Morgan fingerprint density at radius 3 is 2.18 bits per heavy atom. The van der Waals surface area contributed by atoms with E-state index in [9.17, 15) is 14.0 Å². The van der Waals surface area contributed by atoms with Gasteiger partial charge in [0.15, 0.2) is 0 Å². The van der Waals surface area contributed by atoms with Gasteiger partial charge < -0.3 is 10.6 Å². The van der Waals surface area contributed by atoms with Crippen LogP contribution in [-0.4, -0.2) is 11.8 Å². The first kappa shape index (κ1) is 19.0. The molecule has 0 saturated carbocycles. The summed E-state index contributed by atoms with van der Waals surface area (Å²) in [6.45, 7) is 1.88. The Hall–Kier alpha value is -3.73. The highest BCUT2D eigenvalue weighted by atomic mass is 19.1. The predicted molar refractivity (Wildman–Crippen MR) is 108 cm³/mol. The molecule has 3 rings (SSSR count). The predicted octanol–water partition coefficient (Wildman–Crippen LogP) is 4.54. The second-order valence-electron chi connectivity index (χ2n) is 6.20. The maximum absolute atomic E-state index is 13.2. The first-order valence-corrected chi connectivity index (χ1v) is 8.73. The number of benzene rings is 3. The van der Waals surface area contributed by atoms with Crippen LogP contribution in [0.5, 0.6) is 0 Å². The van der Waals surface area contributed by atoms with Crippen LogP contribution in [-0.2, 0) is 4.79 Å². The first-order valence-electron chi connectivity index (χ1n) is 8.73. The van der Waals surface area contributed by atoms with Crippen molar-refractivity contribution in [2.75, 3.05) is 5.32 Å². The van der Waals surface area contributed by atoms with Gasteiger partial charge in [-0.15, -0.1) is 0 Å². The van der Waals surface area contributed by atoms with Gasteiger partial charge in [0.1, 0.15) is 11.5 Å². The van der Waals surface area contributed by atoms with Crippen molar-refractivity contribution >= 4 is 23.6 Å². The van der Waals surface area contributed by atoms with Crippen molar-refractivity contribution in [1.82, 2.24) is 5.32 Å². The fraction of sp³-hybridized carbons (Fsp3) is 0.0435. The Morgan fingerprint density at radius 2 is 1.50 bits per heavy atom. The minimum absolute atomic E-state index is 0.0590. The van der Waals surface area contributed by atoms with Crippen molar-refractivity contribution in [3.63, 3.8) is 0 Å². The lowest BCUT2D eigenvalue weighted by atomic mass is 10.1. The standard InChI is InChI=1S/C23H19FN2O2/c1-16-7-5-6-10-20(16)25-23(28)21(15-17-11-13-19(24)14-12-17)26-22(27)18-8-3-2-4-9-18/h2-15H,1H3,(H,25,28)(H,26,27)/b21-15-. The summed E-state index contributed by atoms with van der Waals surface area (Å²) in [6, 6.07) is 21.6. The average molecular weight is 374 g/mol. The number of carbonyl (C=O) groups is 2. The van der Waals surface area contributed by atoms with E-state index in [1.54, 1.807) is 36.4 Å². The van der Waals surface area contributed by atoms with Crippen LogP contribution in [0.15, 0.2) is 84.6 Å². The molecule has 140 valence electrons. The lowest BCUT2D eigenvalue weighted by molar-refractivity contribution is -0.113. The minimum Gasteiger partial charge on any atom is -0.320 e. The summed E-state index contributed by atoms with van der Waals surface area (Å²) in [5.74, 6) is -1.26. The molecule has 28 heavy (non-hydrogen) atoms. The molecule has 0 aliphatic heterocycles. The van der Waals surface area contributed by atoms with Gasteiger partial charge in [0.25, 0.3) is 11.8 Å². The SMILES string of the molecule is Cc1ccccc1NC(=O)/C(=C/c1ccc(F)cc1)NC(=O)c1ccccc1. The Labute approximate surface area is 162 Å². The topological polar surface area (TPSA) is 58.2 Å². The van der Waals surface area contributed by atoms with Gasteiger partial charge >= 0.3 is 0 Å². The summed E-state index contributed by atoms with van der Waals surface area (Å²) in [7, 11) is 0. The molecule has 4 nitrogen and oxygen atoms in total. The van der Waals surface area contributed by atoms with Crippen LogP contribution < -0.4 is 10.6 Å². The Balaban J connectivity index is 1.89. The highest BCUT2D eigenvalue weighted by Gasteiger charge is 2.15. The lowest BCUT2D eigenvalue weighted by Crippen LogP contribution is -2.30. The number of rotatable bonds is 5. The normalized spacial score (nSPS) is 11.0. The molecular weight excluding hydrogens is 355 g/mol. The maximum Gasteiger partial charge on any atom is 0.272 e. The molecule has 0 aliphatic rings. The van der Waals surface area contributed by atoms with Crippen molar-refractivity contribution < 1.29 is 14.0 Å². The van der Waals surface area contributed by atoms with Gasteiger partial charge in [0, 0.05) is 11.3 Å². The molecule has 2 N–H and O–H groups in total. The zero-order valence-corrected chi connectivity index (χ0v) is 15.3. The summed E-state index contributed by atoms with van der Waals surface area (Å²) < 4.78 is 13.2. The van der Waals surface area contributed by atoms with Crippen molar-refractivity contribution in [1.29, 1.82) is 0 Å². The number of halogens is 1. The number of hydrogen-bond donors (Lipinski definition) is 2. The number of anilines is 1. The fourth-order valence-corrected chi connectivity index (χ4v) is 2.57. The van der Waals surface area contributed by atoms with Crippen LogP contribution in [0.3, 0.4) is 0 Å². The number of amides is 2. The van der Waals surface area contributed by atoms with E-state index in [1.807, 2.05) is 25.1 Å². The quantitative estimate of drug-likeness (QED) is 0.644. The molecule has 2 amide bonds. The summed E-state index contributed by atoms with van der Waals surface area (Å²) in [6.07, 6.45) is 1.51. The van der Waals surface area contributed by atoms with Crippen molar-refractivity contribution in [3.8, 4) is 0 Å². The number of para-hydroxylation sites is 1. The first-order chi connectivity index (χ1) is 13.5. The van der Waals surface area contributed by atoms with Gasteiger partial charge in [-0.1, -0.05) is 48.5 Å². The minimum atomic E-state index is -0.470. The van der Waals surface area contributed by atoms with Gasteiger partial charge in [0.2, 0.25) is 0 Å². The smallest absolute Gasteiger partial charge is 0.272 e. The molecule has 0 radical (unpaired) electrons. The molecule has 0 unspecified atom stereocenters. The van der Waals surface area contributed by atoms with Crippen molar-refractivity contribution in [2.24, 2.45) is 0 Å². The second kappa shape index (κ2) is 8.77. The summed E-state index contributed by atoms with van der Waals surface area (Å²) in [5, 5.41) is 5.46. The Bertz CT molecular complexity index is 1010.